The van der Waals surface area contributed by atoms with Crippen molar-refractivity contribution in [2.24, 2.45) is 5.10 Å². The van der Waals surface area contributed by atoms with Crippen molar-refractivity contribution in [3.05, 3.63) is 29.8 Å². The molecule has 0 unspecified atom stereocenters. The molecule has 0 spiro atoms. The summed E-state index contributed by atoms with van der Waals surface area (Å²) in [5, 5.41) is 14.3. The summed E-state index contributed by atoms with van der Waals surface area (Å²) >= 11 is 0. The maximum absolute atomic E-state index is 11.7. The molecule has 2 aliphatic heterocycles. The van der Waals surface area contributed by atoms with Crippen molar-refractivity contribution < 1.29 is 10.0 Å². The molecule has 2 amide bonds. The number of amides is 2. The highest BCUT2D eigenvalue weighted by atomic mass is 16.5. The fourth-order valence-electron chi connectivity index (χ4n) is 1.74. The number of nitrogens with zero attached hydrogens (tertiary/aromatic N) is 3. The number of fused-ring (bicyclic) bond motifs is 3. The Labute approximate surface area is 85.4 Å². The third-order valence-electron chi connectivity index (χ3n) is 2.45. The van der Waals surface area contributed by atoms with E-state index >= 15 is 0 Å². The molecule has 1 aromatic rings. The number of rotatable bonds is 0. The van der Waals surface area contributed by atoms with Gasteiger partial charge in [-0.05, 0) is 12.1 Å². The van der Waals surface area contributed by atoms with Crippen molar-refractivity contribution >= 4 is 17.6 Å². The molecule has 6 heteroatoms. The van der Waals surface area contributed by atoms with Crippen LogP contribution in [0.25, 0.3) is 0 Å². The number of anilines is 1. The smallest absolute Gasteiger partial charge is 0.288 e. The number of carbonyl (C=O) groups is 1. The van der Waals surface area contributed by atoms with Crippen LogP contribution in [0, 0.1) is 0 Å². The summed E-state index contributed by atoms with van der Waals surface area (Å²) in [6.07, 6.45) is 0. The molecule has 0 aromatic heterocycles. The van der Waals surface area contributed by atoms with Crippen molar-refractivity contribution in [1.82, 2.24) is 10.3 Å². The monoisotopic (exact) mass is 204 g/mol. The van der Waals surface area contributed by atoms with Gasteiger partial charge < -0.3 is 0 Å². The molecule has 0 aliphatic carbocycles. The van der Waals surface area contributed by atoms with E-state index < -0.39 is 6.03 Å². The Kier molecular flexibility index (Phi) is 1.49. The minimum atomic E-state index is -0.488. The van der Waals surface area contributed by atoms with Gasteiger partial charge in [0, 0.05) is 5.56 Å². The lowest BCUT2D eigenvalue weighted by atomic mass is 10.1. The third kappa shape index (κ3) is 0.962. The van der Waals surface area contributed by atoms with Crippen molar-refractivity contribution in [2.45, 2.75) is 0 Å². The van der Waals surface area contributed by atoms with Crippen LogP contribution >= 0.6 is 0 Å². The predicted octanol–water partition coefficient (Wildman–Crippen LogP) is 0.540. The van der Waals surface area contributed by atoms with Gasteiger partial charge in [0.1, 0.15) is 6.67 Å². The Balaban J connectivity index is 2.24. The summed E-state index contributed by atoms with van der Waals surface area (Å²) in [7, 11) is 0. The fraction of sp³-hybridized carbons (Fsp3) is 0.111. The third-order valence-corrected chi connectivity index (χ3v) is 2.45. The average Bonchev–Trinajstić information content (AvgIpc) is 2.75. The van der Waals surface area contributed by atoms with Crippen LogP contribution in [0.1, 0.15) is 5.56 Å². The van der Waals surface area contributed by atoms with Crippen molar-refractivity contribution in [2.75, 3.05) is 11.7 Å². The van der Waals surface area contributed by atoms with E-state index in [1.165, 1.54) is 4.90 Å². The molecular formula is C9H8N4O2. The van der Waals surface area contributed by atoms with Gasteiger partial charge in [0.2, 0.25) is 0 Å². The molecule has 15 heavy (non-hydrogen) atoms. The van der Waals surface area contributed by atoms with Crippen LogP contribution in [-0.2, 0) is 0 Å². The Morgan fingerprint density at radius 3 is 3.07 bits per heavy atom. The average molecular weight is 204 g/mol. The van der Waals surface area contributed by atoms with E-state index in [4.69, 9.17) is 0 Å². The van der Waals surface area contributed by atoms with E-state index in [2.05, 4.69) is 10.5 Å². The van der Waals surface area contributed by atoms with Gasteiger partial charge in [-0.15, -0.1) is 0 Å². The summed E-state index contributed by atoms with van der Waals surface area (Å²) < 4.78 is 0. The number of hydrogen-bond acceptors (Lipinski definition) is 4. The number of hydrazone groups is 1. The zero-order valence-corrected chi connectivity index (χ0v) is 7.71. The summed E-state index contributed by atoms with van der Waals surface area (Å²) in [5.74, 6) is 0.556. The summed E-state index contributed by atoms with van der Waals surface area (Å²) in [6.45, 7) is 0.291. The van der Waals surface area contributed by atoms with Gasteiger partial charge in [-0.25, -0.2) is 4.79 Å². The number of amidine groups is 1. The molecule has 0 fully saturated rings. The second-order valence-electron chi connectivity index (χ2n) is 3.29. The number of hydrogen-bond donors (Lipinski definition) is 2. The molecule has 0 saturated heterocycles. The topological polar surface area (TPSA) is 68.2 Å². The number of benzene rings is 1. The first kappa shape index (κ1) is 8.25. The van der Waals surface area contributed by atoms with Gasteiger partial charge in [-0.2, -0.15) is 10.2 Å². The number of carbonyl (C=O) groups excluding carboxylic acids is 1. The highest BCUT2D eigenvalue weighted by Gasteiger charge is 2.36. The number of urea groups is 1. The highest BCUT2D eigenvalue weighted by molar-refractivity contribution is 6.18. The first-order valence-electron chi connectivity index (χ1n) is 4.49. The normalized spacial score (nSPS) is 18.2. The predicted molar refractivity (Wildman–Crippen MR) is 52.5 cm³/mol. The van der Waals surface area contributed by atoms with E-state index in [0.29, 0.717) is 23.3 Å². The van der Waals surface area contributed by atoms with E-state index in [1.54, 1.807) is 12.1 Å². The molecule has 2 N–H and O–H groups in total. The Hall–Kier alpha value is -2.08. The van der Waals surface area contributed by atoms with Crippen LogP contribution < -0.4 is 10.5 Å². The van der Waals surface area contributed by atoms with Crippen LogP contribution in [0.2, 0.25) is 0 Å². The van der Waals surface area contributed by atoms with Gasteiger partial charge in [0.25, 0.3) is 0 Å². The molecular weight excluding hydrogens is 196 g/mol. The van der Waals surface area contributed by atoms with E-state index in [-0.39, 0.29) is 0 Å². The maximum atomic E-state index is 11.7. The van der Waals surface area contributed by atoms with Crippen molar-refractivity contribution in [3.63, 3.8) is 0 Å². The van der Waals surface area contributed by atoms with Gasteiger partial charge in [0.05, 0.1) is 5.69 Å². The SMILES string of the molecule is O=C1N2CNN=C2c2ccccc2N1O. The molecule has 2 heterocycles. The van der Waals surface area contributed by atoms with Crippen LogP contribution in [0.4, 0.5) is 10.5 Å². The molecule has 0 atom stereocenters. The van der Waals surface area contributed by atoms with Gasteiger partial charge >= 0.3 is 6.03 Å². The lowest BCUT2D eigenvalue weighted by molar-refractivity contribution is 0.184. The molecule has 76 valence electrons. The second-order valence-corrected chi connectivity index (χ2v) is 3.29. The molecule has 0 saturated carbocycles. The fourth-order valence-corrected chi connectivity index (χ4v) is 1.74. The summed E-state index contributed by atoms with van der Waals surface area (Å²) in [4.78, 5) is 13.0. The zero-order valence-electron chi connectivity index (χ0n) is 7.71. The standard InChI is InChI=1S/C9H8N4O2/c14-9-12-5-10-11-8(12)6-3-1-2-4-7(6)13(9)15/h1-4,10,15H,5H2. The highest BCUT2D eigenvalue weighted by Crippen LogP contribution is 2.28. The Morgan fingerprint density at radius 1 is 1.40 bits per heavy atom. The first-order valence-corrected chi connectivity index (χ1v) is 4.49. The molecule has 0 bridgehead atoms. The van der Waals surface area contributed by atoms with Crippen LogP contribution in [0.5, 0.6) is 0 Å². The zero-order chi connectivity index (χ0) is 10.4. The molecule has 6 nitrogen and oxygen atoms in total. The van der Waals surface area contributed by atoms with Gasteiger partial charge in [-0.3, -0.25) is 15.5 Å². The quantitative estimate of drug-likeness (QED) is 0.606. The Bertz CT molecular complexity index is 471. The minimum absolute atomic E-state index is 0.291. The number of hydroxylamine groups is 1. The van der Waals surface area contributed by atoms with Crippen LogP contribution in [0.15, 0.2) is 29.4 Å². The largest absolute Gasteiger partial charge is 0.355 e. The molecule has 0 radical (unpaired) electrons. The van der Waals surface area contributed by atoms with Gasteiger partial charge in [0.15, 0.2) is 5.84 Å². The van der Waals surface area contributed by atoms with E-state index in [0.717, 1.165) is 5.56 Å². The first-order chi connectivity index (χ1) is 7.29. The maximum Gasteiger partial charge on any atom is 0.355 e. The lowest BCUT2D eigenvalue weighted by Crippen LogP contribution is -2.48. The Morgan fingerprint density at radius 2 is 2.20 bits per heavy atom. The lowest BCUT2D eigenvalue weighted by Gasteiger charge is -2.29. The molecule has 3 rings (SSSR count). The van der Waals surface area contributed by atoms with Crippen LogP contribution in [0.3, 0.4) is 0 Å². The second kappa shape index (κ2) is 2.71. The van der Waals surface area contributed by atoms with E-state index in [9.17, 15) is 10.0 Å². The van der Waals surface area contributed by atoms with Crippen molar-refractivity contribution in [1.29, 1.82) is 0 Å². The summed E-state index contributed by atoms with van der Waals surface area (Å²) in [5.41, 5.74) is 3.91. The summed E-state index contributed by atoms with van der Waals surface area (Å²) in [6, 6.07) is 6.59. The van der Waals surface area contributed by atoms with Crippen LogP contribution in [-0.4, -0.2) is 28.6 Å². The number of para-hydroxylation sites is 1. The molecule has 2 aliphatic rings. The van der Waals surface area contributed by atoms with Gasteiger partial charge in [-0.1, -0.05) is 12.1 Å². The molecule has 1 aromatic carbocycles. The van der Waals surface area contributed by atoms with E-state index in [1.807, 2.05) is 12.1 Å². The minimum Gasteiger partial charge on any atom is -0.288 e. The van der Waals surface area contributed by atoms with Crippen molar-refractivity contribution in [3.8, 4) is 0 Å². The number of nitrogens with one attached hydrogen (secondary N) is 1.